The van der Waals surface area contributed by atoms with Crippen LogP contribution in [0.5, 0.6) is 0 Å². The van der Waals surface area contributed by atoms with E-state index < -0.39 is 0 Å². The topological polar surface area (TPSA) is 36.1 Å². The minimum Gasteiger partial charge on any atom is -0.362 e. The minimum absolute atomic E-state index is 0.00194. The number of hydrogen-bond donors (Lipinski definition) is 1. The Balaban J connectivity index is 2.26. The van der Waals surface area contributed by atoms with Crippen molar-refractivity contribution < 1.29 is 4.79 Å². The number of aromatic nitrogens is 1. The summed E-state index contributed by atoms with van der Waals surface area (Å²) < 4.78 is 0.639. The molecule has 0 aliphatic carbocycles. The van der Waals surface area contributed by atoms with E-state index in [0.29, 0.717) is 15.8 Å². The third-order valence-electron chi connectivity index (χ3n) is 2.10. The van der Waals surface area contributed by atoms with E-state index in [9.17, 15) is 4.79 Å². The molecule has 0 saturated carbocycles. The van der Waals surface area contributed by atoms with Crippen LogP contribution in [0.15, 0.2) is 23.2 Å². The number of H-pyrrole nitrogens is 1. The van der Waals surface area contributed by atoms with E-state index in [0.717, 1.165) is 5.69 Å². The van der Waals surface area contributed by atoms with Crippen molar-refractivity contribution in [1.82, 2.24) is 9.88 Å². The summed E-state index contributed by atoms with van der Waals surface area (Å²) in [6.45, 7) is 2.55. The van der Waals surface area contributed by atoms with Crippen LogP contribution < -0.4 is 0 Å². The number of hydrogen-bond acceptors (Lipinski definition) is 3. The van der Waals surface area contributed by atoms with E-state index in [-0.39, 0.29) is 5.91 Å². The van der Waals surface area contributed by atoms with Gasteiger partial charge >= 0.3 is 0 Å². The smallest absolute Gasteiger partial charge is 0.266 e. The van der Waals surface area contributed by atoms with Gasteiger partial charge in [-0.15, -0.1) is 0 Å². The molecule has 1 saturated heterocycles. The molecule has 1 aromatic heterocycles. The van der Waals surface area contributed by atoms with Crippen LogP contribution in [-0.2, 0) is 4.79 Å². The molecule has 5 heteroatoms. The monoisotopic (exact) mass is 238 g/mol. The van der Waals surface area contributed by atoms with Gasteiger partial charge in [-0.3, -0.25) is 9.69 Å². The number of carbonyl (C=O) groups excluding carboxylic acids is 1. The van der Waals surface area contributed by atoms with Crippen LogP contribution in [0.25, 0.3) is 6.08 Å². The summed E-state index contributed by atoms with van der Waals surface area (Å²) in [6, 6.07) is 3.81. The Morgan fingerprint density at radius 1 is 1.67 bits per heavy atom. The van der Waals surface area contributed by atoms with Gasteiger partial charge in [-0.1, -0.05) is 24.0 Å². The lowest BCUT2D eigenvalue weighted by Crippen LogP contribution is -2.27. The summed E-state index contributed by atoms with van der Waals surface area (Å²) in [5.74, 6) is 0.00194. The zero-order valence-corrected chi connectivity index (χ0v) is 9.82. The maximum atomic E-state index is 11.8. The maximum Gasteiger partial charge on any atom is 0.266 e. The predicted octanol–water partition coefficient (Wildman–Crippen LogP) is 2.24. The fourth-order valence-corrected chi connectivity index (χ4v) is 2.72. The highest BCUT2D eigenvalue weighted by Crippen LogP contribution is 2.31. The van der Waals surface area contributed by atoms with Gasteiger partial charge in [0, 0.05) is 18.4 Å². The summed E-state index contributed by atoms with van der Waals surface area (Å²) in [5.41, 5.74) is 0.923. The summed E-state index contributed by atoms with van der Waals surface area (Å²) in [4.78, 5) is 17.1. The van der Waals surface area contributed by atoms with E-state index >= 15 is 0 Å². The Kier molecular flexibility index (Phi) is 2.93. The van der Waals surface area contributed by atoms with Crippen LogP contribution >= 0.6 is 24.0 Å². The molecule has 0 bridgehead atoms. The molecule has 15 heavy (non-hydrogen) atoms. The molecular weight excluding hydrogens is 228 g/mol. The number of thiocarbonyl (C=S) groups is 1. The van der Waals surface area contributed by atoms with Crippen LogP contribution in [0.4, 0.5) is 0 Å². The first-order chi connectivity index (χ1) is 7.22. The van der Waals surface area contributed by atoms with Crippen LogP contribution in [0.1, 0.15) is 12.6 Å². The molecule has 2 rings (SSSR count). The molecule has 1 aliphatic heterocycles. The molecule has 2 heterocycles. The molecule has 1 aromatic rings. The summed E-state index contributed by atoms with van der Waals surface area (Å²) in [6.07, 6.45) is 3.65. The van der Waals surface area contributed by atoms with Crippen molar-refractivity contribution in [2.75, 3.05) is 6.54 Å². The van der Waals surface area contributed by atoms with Crippen molar-refractivity contribution in [3.8, 4) is 0 Å². The standard InChI is InChI=1S/C10H10N2OS2/c1-2-12-9(13)8(15-10(12)14)6-7-4-3-5-11-7/h3-6,11H,2H2,1H3/b8-6+. The van der Waals surface area contributed by atoms with E-state index in [4.69, 9.17) is 12.2 Å². The number of thioether (sulfide) groups is 1. The second-order valence-electron chi connectivity index (χ2n) is 3.05. The van der Waals surface area contributed by atoms with Crippen LogP contribution in [-0.4, -0.2) is 26.7 Å². The Morgan fingerprint density at radius 2 is 2.47 bits per heavy atom. The third kappa shape index (κ3) is 1.98. The number of nitrogens with zero attached hydrogens (tertiary/aromatic N) is 1. The quantitative estimate of drug-likeness (QED) is 0.634. The van der Waals surface area contributed by atoms with E-state index in [2.05, 4.69) is 4.98 Å². The molecule has 1 fully saturated rings. The third-order valence-corrected chi connectivity index (χ3v) is 3.48. The van der Waals surface area contributed by atoms with E-state index in [1.54, 1.807) is 4.90 Å². The fourth-order valence-electron chi connectivity index (χ4n) is 1.35. The Morgan fingerprint density at radius 3 is 3.00 bits per heavy atom. The summed E-state index contributed by atoms with van der Waals surface area (Å²) in [7, 11) is 0. The van der Waals surface area contributed by atoms with Gasteiger partial charge in [-0.2, -0.15) is 0 Å². The first-order valence-corrected chi connectivity index (χ1v) is 5.83. The van der Waals surface area contributed by atoms with Crippen LogP contribution in [0.3, 0.4) is 0 Å². The van der Waals surface area contributed by atoms with Gasteiger partial charge in [0.1, 0.15) is 4.32 Å². The maximum absolute atomic E-state index is 11.8. The van der Waals surface area contributed by atoms with Gasteiger partial charge in [0.15, 0.2) is 0 Å². The fraction of sp³-hybridized carbons (Fsp3) is 0.200. The highest BCUT2D eigenvalue weighted by molar-refractivity contribution is 8.26. The number of amides is 1. The van der Waals surface area contributed by atoms with Gasteiger partial charge in [-0.25, -0.2) is 0 Å². The molecule has 78 valence electrons. The average molecular weight is 238 g/mol. The van der Waals surface area contributed by atoms with E-state index in [1.165, 1.54) is 11.8 Å². The number of nitrogens with one attached hydrogen (secondary N) is 1. The lowest BCUT2D eigenvalue weighted by molar-refractivity contribution is -0.121. The molecule has 0 spiro atoms. The van der Waals surface area contributed by atoms with Gasteiger partial charge in [0.25, 0.3) is 5.91 Å². The molecule has 1 amide bonds. The van der Waals surface area contributed by atoms with Crippen molar-refractivity contribution in [1.29, 1.82) is 0 Å². The lowest BCUT2D eigenvalue weighted by Gasteiger charge is -2.09. The van der Waals surface area contributed by atoms with Crippen molar-refractivity contribution in [3.05, 3.63) is 28.9 Å². The molecule has 1 N–H and O–H groups in total. The molecule has 0 aromatic carbocycles. The lowest BCUT2D eigenvalue weighted by atomic mass is 10.3. The number of carbonyl (C=O) groups is 1. The number of rotatable bonds is 2. The van der Waals surface area contributed by atoms with Gasteiger partial charge in [-0.05, 0) is 25.1 Å². The molecule has 0 atom stereocenters. The summed E-state index contributed by atoms with van der Waals surface area (Å²) in [5, 5.41) is 0. The Hall–Kier alpha value is -1.07. The number of aromatic amines is 1. The molecular formula is C10H10N2OS2. The summed E-state index contributed by atoms with van der Waals surface area (Å²) >= 11 is 6.46. The molecule has 0 radical (unpaired) electrons. The Bertz CT molecular complexity index is 423. The first kappa shape index (κ1) is 10.4. The van der Waals surface area contributed by atoms with Gasteiger partial charge in [0.2, 0.25) is 0 Å². The van der Waals surface area contributed by atoms with Gasteiger partial charge in [0.05, 0.1) is 4.91 Å². The Labute approximate surface area is 97.5 Å². The highest BCUT2D eigenvalue weighted by Gasteiger charge is 2.30. The zero-order chi connectivity index (χ0) is 10.8. The van der Waals surface area contributed by atoms with Gasteiger partial charge < -0.3 is 4.98 Å². The van der Waals surface area contributed by atoms with Crippen molar-refractivity contribution in [2.45, 2.75) is 6.92 Å². The molecule has 0 unspecified atom stereocenters. The van der Waals surface area contributed by atoms with Crippen molar-refractivity contribution in [3.63, 3.8) is 0 Å². The zero-order valence-electron chi connectivity index (χ0n) is 8.19. The van der Waals surface area contributed by atoms with Crippen LogP contribution in [0, 0.1) is 0 Å². The predicted molar refractivity (Wildman–Crippen MR) is 66.3 cm³/mol. The normalized spacial score (nSPS) is 19.3. The van der Waals surface area contributed by atoms with Crippen molar-refractivity contribution in [2.24, 2.45) is 0 Å². The van der Waals surface area contributed by atoms with Crippen LogP contribution in [0.2, 0.25) is 0 Å². The van der Waals surface area contributed by atoms with Crippen molar-refractivity contribution >= 4 is 40.3 Å². The largest absolute Gasteiger partial charge is 0.362 e. The highest BCUT2D eigenvalue weighted by atomic mass is 32.2. The molecule has 3 nitrogen and oxygen atoms in total. The second kappa shape index (κ2) is 4.20. The number of likely N-dealkylation sites (N-methyl/N-ethyl adjacent to an activating group) is 1. The first-order valence-electron chi connectivity index (χ1n) is 4.61. The second-order valence-corrected chi connectivity index (χ2v) is 4.73. The minimum atomic E-state index is 0.00194. The molecule has 1 aliphatic rings. The average Bonchev–Trinajstić information content (AvgIpc) is 2.78. The van der Waals surface area contributed by atoms with E-state index in [1.807, 2.05) is 31.3 Å². The SMILES string of the molecule is CCN1C(=O)/C(=C\c2ccc[nH]2)SC1=S.